The number of carbonyl (C=O) groups excluding carboxylic acids is 2. The van der Waals surface area contributed by atoms with E-state index in [4.69, 9.17) is 9.47 Å². The summed E-state index contributed by atoms with van der Waals surface area (Å²) in [6, 6.07) is 7.05. The third-order valence-electron chi connectivity index (χ3n) is 8.30. The van der Waals surface area contributed by atoms with Crippen molar-refractivity contribution >= 4 is 38.6 Å². The van der Waals surface area contributed by atoms with Gasteiger partial charge in [-0.3, -0.25) is 14.5 Å². The van der Waals surface area contributed by atoms with Crippen molar-refractivity contribution in [1.82, 2.24) is 25.2 Å². The largest absolute Gasteiger partial charge is 0.460 e. The van der Waals surface area contributed by atoms with Gasteiger partial charge in [0.1, 0.15) is 12.7 Å². The highest BCUT2D eigenvalue weighted by Crippen LogP contribution is 2.36. The van der Waals surface area contributed by atoms with Crippen molar-refractivity contribution in [2.45, 2.75) is 76.9 Å². The van der Waals surface area contributed by atoms with Crippen molar-refractivity contribution in [3.8, 4) is 11.1 Å². The number of ether oxygens (including phenoxy) is 2. The summed E-state index contributed by atoms with van der Waals surface area (Å²) in [4.78, 5) is 40.3. The van der Waals surface area contributed by atoms with E-state index in [9.17, 15) is 9.59 Å². The zero-order valence-electron chi connectivity index (χ0n) is 23.0. The van der Waals surface area contributed by atoms with E-state index in [0.29, 0.717) is 23.0 Å². The van der Waals surface area contributed by atoms with Crippen molar-refractivity contribution in [1.29, 1.82) is 0 Å². The lowest BCUT2D eigenvalue weighted by Crippen LogP contribution is -2.58. The zero-order chi connectivity index (χ0) is 27.6. The molecule has 0 unspecified atom stereocenters. The third kappa shape index (κ3) is 6.02. The molecule has 2 saturated carbocycles. The van der Waals surface area contributed by atoms with Crippen LogP contribution in [0.5, 0.6) is 0 Å². The van der Waals surface area contributed by atoms with Gasteiger partial charge in [0.25, 0.3) is 0 Å². The maximum absolute atomic E-state index is 12.9. The van der Waals surface area contributed by atoms with Gasteiger partial charge < -0.3 is 20.1 Å². The van der Waals surface area contributed by atoms with Crippen molar-refractivity contribution in [3.63, 3.8) is 0 Å². The van der Waals surface area contributed by atoms with E-state index in [1.165, 1.54) is 18.3 Å². The van der Waals surface area contributed by atoms with Crippen LogP contribution in [0.1, 0.15) is 51.8 Å². The van der Waals surface area contributed by atoms with Crippen LogP contribution in [0, 0.1) is 5.92 Å². The second-order valence-corrected chi connectivity index (χ2v) is 12.2. The lowest BCUT2D eigenvalue weighted by Gasteiger charge is -2.47. The minimum atomic E-state index is -0.277. The number of aromatic nitrogens is 3. The van der Waals surface area contributed by atoms with Gasteiger partial charge in [0.05, 0.1) is 16.3 Å². The Morgan fingerprint density at radius 1 is 1.15 bits per heavy atom. The maximum atomic E-state index is 12.9. The van der Waals surface area contributed by atoms with Gasteiger partial charge in [0, 0.05) is 62.5 Å². The highest BCUT2D eigenvalue weighted by Gasteiger charge is 2.40. The molecule has 0 bridgehead atoms. The van der Waals surface area contributed by atoms with Gasteiger partial charge in [-0.15, -0.1) is 0 Å². The second-order valence-electron chi connectivity index (χ2n) is 11.1. The Bertz CT molecular complexity index is 1360. The number of anilines is 1. The first kappa shape index (κ1) is 27.2. The fourth-order valence-electron chi connectivity index (χ4n) is 6.03. The number of amides is 1. The van der Waals surface area contributed by atoms with Crippen LogP contribution in [0.4, 0.5) is 5.13 Å². The molecule has 0 radical (unpaired) electrons. The van der Waals surface area contributed by atoms with Gasteiger partial charge in [-0.25, -0.2) is 15.0 Å². The smallest absolute Gasteiger partial charge is 0.302 e. The molecule has 2 aliphatic carbocycles. The van der Waals surface area contributed by atoms with Crippen LogP contribution in [0.3, 0.4) is 0 Å². The first-order chi connectivity index (χ1) is 19.4. The van der Waals surface area contributed by atoms with Crippen LogP contribution >= 0.6 is 11.3 Å². The topological polar surface area (TPSA) is 119 Å². The first-order valence-electron chi connectivity index (χ1n) is 14.2. The summed E-state index contributed by atoms with van der Waals surface area (Å²) >= 11 is 1.49. The van der Waals surface area contributed by atoms with E-state index < -0.39 is 0 Å². The molecule has 3 aliphatic rings. The quantitative estimate of drug-likeness (QED) is 0.394. The summed E-state index contributed by atoms with van der Waals surface area (Å²) in [7, 11) is 0. The Balaban J connectivity index is 1.03. The number of rotatable bonds is 8. The number of thiazole rings is 1. The molecule has 3 fully saturated rings. The molecular weight excluding hydrogens is 528 g/mol. The lowest BCUT2D eigenvalue weighted by molar-refractivity contribution is -0.153. The van der Waals surface area contributed by atoms with Crippen LogP contribution in [0.25, 0.3) is 21.3 Å². The number of esters is 1. The van der Waals surface area contributed by atoms with Crippen molar-refractivity contribution in [2.24, 2.45) is 5.92 Å². The molecule has 11 heteroatoms. The molecule has 40 heavy (non-hydrogen) atoms. The number of benzene rings is 1. The van der Waals surface area contributed by atoms with Crippen LogP contribution in [0.2, 0.25) is 0 Å². The van der Waals surface area contributed by atoms with Crippen LogP contribution in [-0.4, -0.2) is 75.7 Å². The number of nitrogens with one attached hydrogen (secondary N) is 2. The standard InChI is InChI=1S/C29H36N6O4S/c1-17-13-30-8-9-35(17)22-10-20(11-22)28(37)34-29-33-23-7-6-19(12-26(23)40-29)21-14-31-27(32-15-21)16-38-24-4-3-5-25(24)39-18(2)36/h6-7,12,14-15,17,20,22,24-25,30H,3-5,8-11,13,16H2,1-2H3,(H,33,34,37)/t17-,20-,22+,24-,25-/m0/s1. The molecular formula is C29H36N6O4S. The number of hydrogen-bond donors (Lipinski definition) is 2. The second kappa shape index (κ2) is 11.9. The summed E-state index contributed by atoms with van der Waals surface area (Å²) in [6.07, 6.45) is 7.78. The fourth-order valence-corrected chi connectivity index (χ4v) is 6.94. The summed E-state index contributed by atoms with van der Waals surface area (Å²) in [5.41, 5.74) is 2.74. The van der Waals surface area contributed by atoms with E-state index in [2.05, 4.69) is 43.5 Å². The molecule has 1 aromatic carbocycles. The normalized spacial score (nSPS) is 26.9. The van der Waals surface area contributed by atoms with Crippen molar-refractivity contribution in [2.75, 3.05) is 25.0 Å². The minimum absolute atomic E-state index is 0.0514. The van der Waals surface area contributed by atoms with Crippen LogP contribution < -0.4 is 10.6 Å². The Labute approximate surface area is 237 Å². The van der Waals surface area contributed by atoms with Gasteiger partial charge in [-0.2, -0.15) is 0 Å². The minimum Gasteiger partial charge on any atom is -0.460 e. The van der Waals surface area contributed by atoms with E-state index >= 15 is 0 Å². The molecule has 2 N–H and O–H groups in total. The Morgan fingerprint density at radius 2 is 1.95 bits per heavy atom. The van der Waals surface area contributed by atoms with Crippen LogP contribution in [0.15, 0.2) is 30.6 Å². The predicted octanol–water partition coefficient (Wildman–Crippen LogP) is 3.76. The first-order valence-corrected chi connectivity index (χ1v) is 15.0. The van der Waals surface area contributed by atoms with Gasteiger partial charge in [0.2, 0.25) is 5.91 Å². The molecule has 2 aromatic heterocycles. The number of hydrogen-bond acceptors (Lipinski definition) is 10. The highest BCUT2D eigenvalue weighted by molar-refractivity contribution is 7.22. The Hall–Kier alpha value is -2.99. The average Bonchev–Trinajstić information content (AvgIpc) is 3.53. The molecule has 6 rings (SSSR count). The van der Waals surface area contributed by atoms with Gasteiger partial charge in [0.15, 0.2) is 11.0 Å². The van der Waals surface area contributed by atoms with E-state index in [-0.39, 0.29) is 36.6 Å². The Kier molecular flexibility index (Phi) is 8.06. The zero-order valence-corrected chi connectivity index (χ0v) is 23.8. The fraction of sp³-hybridized carbons (Fsp3) is 0.552. The third-order valence-corrected chi connectivity index (χ3v) is 9.23. The highest BCUT2D eigenvalue weighted by atomic mass is 32.1. The number of carbonyl (C=O) groups is 2. The van der Waals surface area contributed by atoms with Gasteiger partial charge in [-0.05, 0) is 56.7 Å². The lowest BCUT2D eigenvalue weighted by atomic mass is 9.78. The van der Waals surface area contributed by atoms with Crippen LogP contribution in [-0.2, 0) is 25.7 Å². The average molecular weight is 565 g/mol. The molecule has 0 spiro atoms. The Morgan fingerprint density at radius 3 is 2.73 bits per heavy atom. The number of nitrogens with zero attached hydrogens (tertiary/aromatic N) is 4. The molecule has 10 nitrogen and oxygen atoms in total. The molecule has 1 saturated heterocycles. The van der Waals surface area contributed by atoms with Crippen molar-refractivity contribution < 1.29 is 19.1 Å². The summed E-state index contributed by atoms with van der Waals surface area (Å²) in [6.45, 7) is 7.05. The molecule has 1 aliphatic heterocycles. The SMILES string of the molecule is CC(=O)O[C@H]1CCC[C@@H]1OCc1ncc(-c2ccc3nc(NC(=O)[C@H]4C[C@@H](N5CCNC[C@@H]5C)C4)sc3c2)cn1. The monoisotopic (exact) mass is 564 g/mol. The number of piperazine rings is 1. The summed E-state index contributed by atoms with van der Waals surface area (Å²) < 4.78 is 12.3. The van der Waals surface area contributed by atoms with Gasteiger partial charge >= 0.3 is 5.97 Å². The molecule has 1 amide bonds. The summed E-state index contributed by atoms with van der Waals surface area (Å²) in [5.74, 6) is 0.434. The summed E-state index contributed by atoms with van der Waals surface area (Å²) in [5, 5.41) is 7.13. The molecule has 3 heterocycles. The molecule has 3 atom stereocenters. The number of fused-ring (bicyclic) bond motifs is 1. The molecule has 3 aromatic rings. The molecule has 212 valence electrons. The van der Waals surface area contributed by atoms with Gasteiger partial charge in [-0.1, -0.05) is 17.4 Å². The predicted molar refractivity (Wildman–Crippen MR) is 153 cm³/mol. The van der Waals surface area contributed by atoms with Crippen molar-refractivity contribution in [3.05, 3.63) is 36.4 Å². The maximum Gasteiger partial charge on any atom is 0.302 e. The van der Waals surface area contributed by atoms with E-state index in [1.807, 2.05) is 12.1 Å². The van der Waals surface area contributed by atoms with E-state index in [0.717, 1.165) is 73.1 Å². The van der Waals surface area contributed by atoms with E-state index in [1.54, 1.807) is 12.4 Å².